The molecule has 4 rings (SSSR count). The van der Waals surface area contributed by atoms with Crippen LogP contribution in [-0.2, 0) is 13.0 Å². The summed E-state index contributed by atoms with van der Waals surface area (Å²) in [6.45, 7) is 0.910. The molecule has 170 valence electrons. The molecule has 0 saturated carbocycles. The number of primary amides is 1. The fourth-order valence-electron chi connectivity index (χ4n) is 3.38. The molecule has 0 radical (unpaired) electrons. The number of hydrogen-bond donors (Lipinski definition) is 3. The molecule has 1 aromatic carbocycles. The molecular formula is C26H24N6O2. The first-order valence-electron chi connectivity index (χ1n) is 10.8. The van der Waals surface area contributed by atoms with E-state index in [1.54, 1.807) is 55.0 Å². The van der Waals surface area contributed by atoms with Crippen LogP contribution in [0.1, 0.15) is 32.0 Å². The smallest absolute Gasteiger partial charge is 0.255 e. The van der Waals surface area contributed by atoms with Crippen molar-refractivity contribution < 1.29 is 9.59 Å². The number of aromatic nitrogens is 3. The number of anilines is 1. The van der Waals surface area contributed by atoms with Crippen LogP contribution in [0.25, 0.3) is 11.3 Å². The first-order chi connectivity index (χ1) is 16.6. The maximum atomic E-state index is 13.0. The second kappa shape index (κ2) is 10.8. The van der Waals surface area contributed by atoms with Gasteiger partial charge in [-0.3, -0.25) is 19.6 Å². The van der Waals surface area contributed by atoms with Crippen LogP contribution < -0.4 is 16.4 Å². The molecule has 2 amide bonds. The zero-order valence-corrected chi connectivity index (χ0v) is 18.4. The van der Waals surface area contributed by atoms with Crippen LogP contribution in [0.5, 0.6) is 0 Å². The highest BCUT2D eigenvalue weighted by Gasteiger charge is 2.15. The van der Waals surface area contributed by atoms with E-state index < -0.39 is 5.91 Å². The molecule has 0 aliphatic heterocycles. The van der Waals surface area contributed by atoms with Gasteiger partial charge in [0.2, 0.25) is 5.91 Å². The fraction of sp³-hybridized carbons (Fsp3) is 0.115. The molecule has 34 heavy (non-hydrogen) atoms. The molecule has 8 heteroatoms. The minimum absolute atomic E-state index is 0.243. The van der Waals surface area contributed by atoms with Crippen molar-refractivity contribution >= 4 is 17.6 Å². The second-order valence-corrected chi connectivity index (χ2v) is 7.58. The van der Waals surface area contributed by atoms with E-state index >= 15 is 0 Å². The van der Waals surface area contributed by atoms with Crippen LogP contribution in [0.15, 0.2) is 85.3 Å². The van der Waals surface area contributed by atoms with Gasteiger partial charge in [-0.25, -0.2) is 4.98 Å². The van der Waals surface area contributed by atoms with E-state index in [0.717, 1.165) is 16.8 Å². The van der Waals surface area contributed by atoms with Gasteiger partial charge in [0.25, 0.3) is 5.91 Å². The molecule has 0 saturated heterocycles. The summed E-state index contributed by atoms with van der Waals surface area (Å²) >= 11 is 0. The van der Waals surface area contributed by atoms with Gasteiger partial charge in [-0.2, -0.15) is 0 Å². The van der Waals surface area contributed by atoms with Gasteiger partial charge in [0.05, 0.1) is 11.3 Å². The Morgan fingerprint density at radius 2 is 1.76 bits per heavy atom. The SMILES string of the molecule is NC(=O)c1ccc(-c2ccc(C(=O)NCc3cccnc3)c(NCCc3ccccn3)n2)cc1. The van der Waals surface area contributed by atoms with Gasteiger partial charge in [-0.15, -0.1) is 0 Å². The van der Waals surface area contributed by atoms with Crippen molar-refractivity contribution in [3.05, 3.63) is 108 Å². The van der Waals surface area contributed by atoms with E-state index in [1.807, 2.05) is 30.3 Å². The summed E-state index contributed by atoms with van der Waals surface area (Å²) in [5.74, 6) is -0.263. The van der Waals surface area contributed by atoms with Crippen LogP contribution in [-0.4, -0.2) is 33.3 Å². The van der Waals surface area contributed by atoms with E-state index in [9.17, 15) is 9.59 Å². The predicted molar refractivity (Wildman–Crippen MR) is 130 cm³/mol. The number of nitrogens with two attached hydrogens (primary N) is 1. The van der Waals surface area contributed by atoms with Crippen LogP contribution in [0.3, 0.4) is 0 Å². The number of amides is 2. The molecule has 0 fully saturated rings. The third kappa shape index (κ3) is 5.80. The van der Waals surface area contributed by atoms with Crippen LogP contribution in [0.2, 0.25) is 0 Å². The lowest BCUT2D eigenvalue weighted by molar-refractivity contribution is 0.0950. The van der Waals surface area contributed by atoms with Crippen molar-refractivity contribution in [1.29, 1.82) is 0 Å². The first kappa shape index (κ1) is 22.6. The van der Waals surface area contributed by atoms with E-state index in [2.05, 4.69) is 20.6 Å². The molecule has 4 aromatic rings. The van der Waals surface area contributed by atoms with E-state index in [0.29, 0.717) is 42.1 Å². The standard InChI is InChI=1S/C26H24N6O2/c27-24(33)20-8-6-19(7-9-20)23-11-10-22(26(34)31-17-18-4-3-13-28-16-18)25(32-23)30-15-12-21-5-1-2-14-29-21/h1-11,13-14,16H,12,15,17H2,(H2,27,33)(H,30,32)(H,31,34). The molecule has 3 heterocycles. The molecule has 3 aromatic heterocycles. The van der Waals surface area contributed by atoms with Gasteiger partial charge in [0.1, 0.15) is 5.82 Å². The Morgan fingerprint density at radius 1 is 0.912 bits per heavy atom. The molecule has 0 unspecified atom stereocenters. The number of nitrogens with zero attached hydrogens (tertiary/aromatic N) is 3. The minimum atomic E-state index is -0.489. The Morgan fingerprint density at radius 3 is 2.47 bits per heavy atom. The zero-order chi connectivity index (χ0) is 23.8. The summed E-state index contributed by atoms with van der Waals surface area (Å²) in [6.07, 6.45) is 5.83. The Bertz CT molecular complexity index is 1260. The number of nitrogens with one attached hydrogen (secondary N) is 2. The number of hydrogen-bond acceptors (Lipinski definition) is 6. The van der Waals surface area contributed by atoms with Crippen molar-refractivity contribution in [3.63, 3.8) is 0 Å². The summed E-state index contributed by atoms with van der Waals surface area (Å²) in [7, 11) is 0. The van der Waals surface area contributed by atoms with Gasteiger partial charge >= 0.3 is 0 Å². The molecular weight excluding hydrogens is 428 g/mol. The number of pyridine rings is 3. The molecule has 0 aliphatic rings. The average Bonchev–Trinajstić information content (AvgIpc) is 2.88. The lowest BCUT2D eigenvalue weighted by Gasteiger charge is -2.13. The van der Waals surface area contributed by atoms with Gasteiger partial charge in [-0.05, 0) is 48.0 Å². The largest absolute Gasteiger partial charge is 0.369 e. The summed E-state index contributed by atoms with van der Waals surface area (Å²) < 4.78 is 0. The monoisotopic (exact) mass is 452 g/mol. The third-order valence-corrected chi connectivity index (χ3v) is 5.18. The fourth-order valence-corrected chi connectivity index (χ4v) is 3.38. The number of rotatable bonds is 9. The molecule has 0 aliphatic carbocycles. The third-order valence-electron chi connectivity index (χ3n) is 5.18. The summed E-state index contributed by atoms with van der Waals surface area (Å²) in [6, 6.07) is 19.9. The molecule has 8 nitrogen and oxygen atoms in total. The van der Waals surface area contributed by atoms with E-state index in [4.69, 9.17) is 10.7 Å². The molecule has 0 spiro atoms. The highest BCUT2D eigenvalue weighted by Crippen LogP contribution is 2.23. The average molecular weight is 453 g/mol. The zero-order valence-electron chi connectivity index (χ0n) is 18.4. The Labute approximate surface area is 197 Å². The minimum Gasteiger partial charge on any atom is -0.369 e. The van der Waals surface area contributed by atoms with Crippen LogP contribution >= 0.6 is 0 Å². The van der Waals surface area contributed by atoms with Gasteiger partial charge in [-0.1, -0.05) is 24.3 Å². The van der Waals surface area contributed by atoms with Crippen molar-refractivity contribution in [2.24, 2.45) is 5.73 Å². The van der Waals surface area contributed by atoms with E-state index in [-0.39, 0.29) is 5.91 Å². The Kier molecular flexibility index (Phi) is 7.19. The van der Waals surface area contributed by atoms with Gasteiger partial charge in [0, 0.05) is 54.9 Å². The predicted octanol–water partition coefficient (Wildman–Crippen LogP) is 3.22. The maximum absolute atomic E-state index is 13.0. The van der Waals surface area contributed by atoms with Crippen molar-refractivity contribution in [2.75, 3.05) is 11.9 Å². The highest BCUT2D eigenvalue weighted by atomic mass is 16.2. The highest BCUT2D eigenvalue weighted by molar-refractivity contribution is 5.99. The number of carbonyl (C=O) groups excluding carboxylic acids is 2. The number of carbonyl (C=O) groups is 2. The van der Waals surface area contributed by atoms with Crippen molar-refractivity contribution in [2.45, 2.75) is 13.0 Å². The molecule has 0 bridgehead atoms. The summed E-state index contributed by atoms with van der Waals surface area (Å²) in [4.78, 5) is 37.4. The quantitative estimate of drug-likeness (QED) is 0.358. The first-order valence-corrected chi connectivity index (χ1v) is 10.8. The topological polar surface area (TPSA) is 123 Å². The van der Waals surface area contributed by atoms with E-state index in [1.165, 1.54) is 0 Å². The number of benzene rings is 1. The second-order valence-electron chi connectivity index (χ2n) is 7.58. The Hall–Kier alpha value is -4.59. The lowest BCUT2D eigenvalue weighted by atomic mass is 10.1. The Balaban J connectivity index is 1.55. The lowest BCUT2D eigenvalue weighted by Crippen LogP contribution is -2.25. The van der Waals surface area contributed by atoms with Crippen LogP contribution in [0.4, 0.5) is 5.82 Å². The summed E-state index contributed by atoms with van der Waals surface area (Å²) in [5, 5.41) is 6.20. The van der Waals surface area contributed by atoms with Crippen molar-refractivity contribution in [3.8, 4) is 11.3 Å². The maximum Gasteiger partial charge on any atom is 0.255 e. The van der Waals surface area contributed by atoms with Crippen molar-refractivity contribution in [1.82, 2.24) is 20.3 Å². The van der Waals surface area contributed by atoms with Gasteiger partial charge in [0.15, 0.2) is 0 Å². The normalized spacial score (nSPS) is 10.5. The van der Waals surface area contributed by atoms with Gasteiger partial charge < -0.3 is 16.4 Å². The molecule has 0 atom stereocenters. The molecule has 4 N–H and O–H groups in total. The summed E-state index contributed by atoms with van der Waals surface area (Å²) in [5.41, 5.74) is 9.50. The van der Waals surface area contributed by atoms with Crippen LogP contribution in [0, 0.1) is 0 Å².